The van der Waals surface area contributed by atoms with Gasteiger partial charge in [-0.15, -0.1) is 12.4 Å². The zero-order chi connectivity index (χ0) is 11.0. The minimum atomic E-state index is 0. The highest BCUT2D eigenvalue weighted by Gasteiger charge is 2.04. The molecule has 3 rings (SSSR count). The Bertz CT molecular complexity index is 613. The number of halogens is 1. The molecule has 1 heterocycles. The van der Waals surface area contributed by atoms with Crippen molar-refractivity contribution in [3.05, 3.63) is 48.5 Å². The maximum absolute atomic E-state index is 5.75. The van der Waals surface area contributed by atoms with Crippen LogP contribution in [0.25, 0.3) is 22.4 Å². The van der Waals surface area contributed by atoms with Gasteiger partial charge in [0.25, 0.3) is 0 Å². The largest absolute Gasteiger partial charge is 0.399 e. The van der Waals surface area contributed by atoms with Crippen LogP contribution < -0.4 is 5.73 Å². The Hall–Kier alpha value is -2.00. The molecule has 0 fully saturated rings. The highest BCUT2D eigenvalue weighted by Crippen LogP contribution is 2.21. The van der Waals surface area contributed by atoms with E-state index in [4.69, 9.17) is 5.73 Å². The SMILES string of the molecule is Cl.Nc1cccc(-c2nc3ccccc3[nH]2)c1. The van der Waals surface area contributed by atoms with Crippen molar-refractivity contribution in [1.82, 2.24) is 9.97 Å². The number of rotatable bonds is 1. The Morgan fingerprint density at radius 3 is 2.59 bits per heavy atom. The van der Waals surface area contributed by atoms with Crippen molar-refractivity contribution in [3.63, 3.8) is 0 Å². The van der Waals surface area contributed by atoms with Gasteiger partial charge in [-0.1, -0.05) is 24.3 Å². The summed E-state index contributed by atoms with van der Waals surface area (Å²) in [5.74, 6) is 0.855. The number of nitrogens with zero attached hydrogens (tertiary/aromatic N) is 1. The molecule has 0 radical (unpaired) electrons. The average Bonchev–Trinajstić information content (AvgIpc) is 2.72. The van der Waals surface area contributed by atoms with E-state index in [2.05, 4.69) is 9.97 Å². The fourth-order valence-electron chi connectivity index (χ4n) is 1.78. The van der Waals surface area contributed by atoms with Crippen LogP contribution in [0.5, 0.6) is 0 Å². The summed E-state index contributed by atoms with van der Waals surface area (Å²) in [4.78, 5) is 7.79. The highest BCUT2D eigenvalue weighted by atomic mass is 35.5. The average molecular weight is 246 g/mol. The molecule has 17 heavy (non-hydrogen) atoms. The summed E-state index contributed by atoms with van der Waals surface area (Å²) in [5.41, 5.74) is 9.52. The molecule has 0 aliphatic heterocycles. The fourth-order valence-corrected chi connectivity index (χ4v) is 1.78. The van der Waals surface area contributed by atoms with E-state index in [-0.39, 0.29) is 12.4 Å². The molecule has 4 heteroatoms. The second kappa shape index (κ2) is 4.47. The normalized spacial score (nSPS) is 10.1. The maximum atomic E-state index is 5.75. The first-order chi connectivity index (χ1) is 7.83. The zero-order valence-corrected chi connectivity index (χ0v) is 9.87. The molecule has 0 amide bonds. The third-order valence-corrected chi connectivity index (χ3v) is 2.55. The Kier molecular flexibility index (Phi) is 3.02. The van der Waals surface area contributed by atoms with Crippen molar-refractivity contribution in [1.29, 1.82) is 0 Å². The van der Waals surface area contributed by atoms with Gasteiger partial charge in [0.15, 0.2) is 0 Å². The number of fused-ring (bicyclic) bond motifs is 1. The number of nitrogen functional groups attached to an aromatic ring is 1. The van der Waals surface area contributed by atoms with Gasteiger partial charge in [0, 0.05) is 11.3 Å². The predicted molar refractivity (Wildman–Crippen MR) is 73.2 cm³/mol. The first kappa shape index (κ1) is 11.5. The lowest BCUT2D eigenvalue weighted by Gasteiger charge is -1.97. The van der Waals surface area contributed by atoms with Gasteiger partial charge in [-0.3, -0.25) is 0 Å². The minimum Gasteiger partial charge on any atom is -0.399 e. The quantitative estimate of drug-likeness (QED) is 0.647. The van der Waals surface area contributed by atoms with Crippen LogP contribution in [0.2, 0.25) is 0 Å². The topological polar surface area (TPSA) is 54.7 Å². The van der Waals surface area contributed by atoms with Gasteiger partial charge in [-0.25, -0.2) is 4.98 Å². The smallest absolute Gasteiger partial charge is 0.138 e. The van der Waals surface area contributed by atoms with Crippen molar-refractivity contribution in [3.8, 4) is 11.4 Å². The molecule has 3 N–H and O–H groups in total. The van der Waals surface area contributed by atoms with Gasteiger partial charge in [0.2, 0.25) is 0 Å². The van der Waals surface area contributed by atoms with Gasteiger partial charge in [-0.2, -0.15) is 0 Å². The minimum absolute atomic E-state index is 0. The van der Waals surface area contributed by atoms with E-state index >= 15 is 0 Å². The summed E-state index contributed by atoms with van der Waals surface area (Å²) in [6.45, 7) is 0. The number of H-pyrrole nitrogens is 1. The van der Waals surface area contributed by atoms with Gasteiger partial charge in [0.05, 0.1) is 11.0 Å². The van der Waals surface area contributed by atoms with E-state index in [0.29, 0.717) is 0 Å². The number of hydrogen-bond donors (Lipinski definition) is 2. The molecule has 1 aromatic heterocycles. The number of para-hydroxylation sites is 2. The number of aromatic nitrogens is 2. The molecule has 3 aromatic rings. The van der Waals surface area contributed by atoms with E-state index in [0.717, 1.165) is 28.1 Å². The Labute approximate surface area is 105 Å². The third kappa shape index (κ3) is 2.10. The first-order valence-corrected chi connectivity index (χ1v) is 5.13. The molecule has 3 nitrogen and oxygen atoms in total. The molecular weight excluding hydrogens is 234 g/mol. The second-order valence-corrected chi connectivity index (χ2v) is 3.73. The molecule has 0 atom stereocenters. The number of nitrogens with one attached hydrogen (secondary N) is 1. The Balaban J connectivity index is 0.00000108. The monoisotopic (exact) mass is 245 g/mol. The molecule has 0 aliphatic rings. The molecule has 0 bridgehead atoms. The van der Waals surface area contributed by atoms with Crippen molar-refractivity contribution < 1.29 is 0 Å². The van der Waals surface area contributed by atoms with Crippen molar-refractivity contribution in [2.75, 3.05) is 5.73 Å². The summed E-state index contributed by atoms with van der Waals surface area (Å²) >= 11 is 0. The van der Waals surface area contributed by atoms with Gasteiger partial charge in [0.1, 0.15) is 5.82 Å². The van der Waals surface area contributed by atoms with Gasteiger partial charge < -0.3 is 10.7 Å². The maximum Gasteiger partial charge on any atom is 0.138 e. The van der Waals surface area contributed by atoms with Crippen LogP contribution in [0.1, 0.15) is 0 Å². The molecule has 2 aromatic carbocycles. The van der Waals surface area contributed by atoms with Crippen LogP contribution in [0.4, 0.5) is 5.69 Å². The van der Waals surface area contributed by atoms with Crippen LogP contribution in [0, 0.1) is 0 Å². The number of imidazole rings is 1. The fraction of sp³-hybridized carbons (Fsp3) is 0. The number of hydrogen-bond acceptors (Lipinski definition) is 2. The molecule has 0 unspecified atom stereocenters. The van der Waals surface area contributed by atoms with E-state index < -0.39 is 0 Å². The lowest BCUT2D eigenvalue weighted by atomic mass is 10.2. The molecule has 86 valence electrons. The lowest BCUT2D eigenvalue weighted by Crippen LogP contribution is -1.86. The van der Waals surface area contributed by atoms with E-state index in [1.54, 1.807) is 0 Å². The standard InChI is InChI=1S/C13H11N3.ClH/c14-10-5-3-4-9(8-10)13-15-11-6-1-2-7-12(11)16-13;/h1-8H,14H2,(H,15,16);1H. The summed E-state index contributed by atoms with van der Waals surface area (Å²) in [6.07, 6.45) is 0. The Morgan fingerprint density at radius 1 is 1.00 bits per heavy atom. The number of aromatic amines is 1. The summed E-state index contributed by atoms with van der Waals surface area (Å²) in [7, 11) is 0. The van der Waals surface area contributed by atoms with Crippen LogP contribution in [0.3, 0.4) is 0 Å². The van der Waals surface area contributed by atoms with Crippen LogP contribution in [-0.2, 0) is 0 Å². The summed E-state index contributed by atoms with van der Waals surface area (Å²) < 4.78 is 0. The van der Waals surface area contributed by atoms with Gasteiger partial charge in [-0.05, 0) is 24.3 Å². The molecule has 0 saturated carbocycles. The number of benzene rings is 2. The molecule has 0 spiro atoms. The first-order valence-electron chi connectivity index (χ1n) is 5.13. The van der Waals surface area contributed by atoms with Crippen LogP contribution >= 0.6 is 12.4 Å². The van der Waals surface area contributed by atoms with Crippen LogP contribution in [0.15, 0.2) is 48.5 Å². The van der Waals surface area contributed by atoms with Crippen molar-refractivity contribution in [2.24, 2.45) is 0 Å². The second-order valence-electron chi connectivity index (χ2n) is 3.73. The zero-order valence-electron chi connectivity index (χ0n) is 9.05. The highest BCUT2D eigenvalue weighted by molar-refractivity contribution is 5.85. The predicted octanol–water partition coefficient (Wildman–Crippen LogP) is 3.23. The molecule has 0 saturated heterocycles. The van der Waals surface area contributed by atoms with Crippen molar-refractivity contribution in [2.45, 2.75) is 0 Å². The summed E-state index contributed by atoms with van der Waals surface area (Å²) in [5, 5.41) is 0. The van der Waals surface area contributed by atoms with Crippen molar-refractivity contribution >= 4 is 29.1 Å². The number of nitrogens with two attached hydrogens (primary N) is 1. The van der Waals surface area contributed by atoms with E-state index in [1.807, 2.05) is 48.5 Å². The summed E-state index contributed by atoms with van der Waals surface area (Å²) in [6, 6.07) is 15.7. The Morgan fingerprint density at radius 2 is 1.82 bits per heavy atom. The number of anilines is 1. The van der Waals surface area contributed by atoms with Gasteiger partial charge >= 0.3 is 0 Å². The van der Waals surface area contributed by atoms with Crippen LogP contribution in [-0.4, -0.2) is 9.97 Å². The van der Waals surface area contributed by atoms with E-state index in [1.165, 1.54) is 0 Å². The third-order valence-electron chi connectivity index (χ3n) is 2.55. The molecule has 0 aliphatic carbocycles. The molecular formula is C13H12ClN3. The van der Waals surface area contributed by atoms with E-state index in [9.17, 15) is 0 Å². The lowest BCUT2D eigenvalue weighted by molar-refractivity contribution is 1.34.